The van der Waals surface area contributed by atoms with Crippen molar-refractivity contribution < 1.29 is 17.7 Å². The highest BCUT2D eigenvalue weighted by Crippen LogP contribution is 2.41. The molecule has 4 fully saturated rings. The Bertz CT molecular complexity index is 1190. The molecular formula is C27H37N5O4S. The molecule has 1 aliphatic carbocycles. The Morgan fingerprint density at radius 2 is 1.68 bits per heavy atom. The van der Waals surface area contributed by atoms with E-state index in [0.717, 1.165) is 44.3 Å². The van der Waals surface area contributed by atoms with Crippen LogP contribution in [0, 0.1) is 0 Å². The number of hydrogen-bond donors (Lipinski definition) is 2. The lowest BCUT2D eigenvalue weighted by Gasteiger charge is -2.42. The largest absolute Gasteiger partial charge is 0.360 e. The van der Waals surface area contributed by atoms with Gasteiger partial charge in [0.2, 0.25) is 0 Å². The van der Waals surface area contributed by atoms with Crippen molar-refractivity contribution >= 4 is 16.1 Å². The molecule has 9 nitrogen and oxygen atoms in total. The van der Waals surface area contributed by atoms with Crippen LogP contribution >= 0.6 is 0 Å². The third-order valence-corrected chi connectivity index (χ3v) is 10.7. The number of benzene rings is 1. The predicted molar refractivity (Wildman–Crippen MR) is 139 cm³/mol. The molecule has 1 aromatic carbocycles. The van der Waals surface area contributed by atoms with Gasteiger partial charge in [0.25, 0.3) is 16.1 Å². The van der Waals surface area contributed by atoms with E-state index in [4.69, 9.17) is 4.52 Å². The van der Waals surface area contributed by atoms with Gasteiger partial charge in [0, 0.05) is 55.3 Å². The predicted octanol–water partition coefficient (Wildman–Crippen LogP) is 3.34. The molecule has 1 aromatic heterocycles. The molecule has 2 N–H and O–H groups in total. The first-order valence-corrected chi connectivity index (χ1v) is 15.1. The minimum Gasteiger partial charge on any atom is -0.360 e. The first-order chi connectivity index (χ1) is 17.9. The highest BCUT2D eigenvalue weighted by atomic mass is 32.2. The molecule has 200 valence electrons. The Hall–Kier alpha value is -2.27. The summed E-state index contributed by atoms with van der Waals surface area (Å²) in [6.07, 6.45) is 6.76. The minimum atomic E-state index is -3.53. The fourth-order valence-electron chi connectivity index (χ4n) is 6.42. The maximum Gasteiger partial charge on any atom is 0.282 e. The molecule has 2 bridgehead atoms. The lowest BCUT2D eigenvalue weighted by molar-refractivity contribution is 0.0897. The van der Waals surface area contributed by atoms with Gasteiger partial charge < -0.3 is 15.2 Å². The van der Waals surface area contributed by atoms with Crippen LogP contribution in [-0.4, -0.2) is 65.3 Å². The second kappa shape index (κ2) is 10.1. The molecule has 4 aliphatic rings. The molecule has 2 aromatic rings. The molecule has 1 saturated carbocycles. The Balaban J connectivity index is 1.03. The molecule has 6 rings (SSSR count). The summed E-state index contributed by atoms with van der Waals surface area (Å²) in [6.45, 7) is 3.23. The molecule has 4 atom stereocenters. The summed E-state index contributed by atoms with van der Waals surface area (Å²) >= 11 is 0. The van der Waals surface area contributed by atoms with E-state index in [0.29, 0.717) is 43.6 Å². The van der Waals surface area contributed by atoms with Crippen LogP contribution < -0.4 is 10.6 Å². The highest BCUT2D eigenvalue weighted by molar-refractivity contribution is 7.86. The second-order valence-electron chi connectivity index (χ2n) is 11.2. The van der Waals surface area contributed by atoms with Gasteiger partial charge in [-0.2, -0.15) is 17.0 Å². The number of aromatic nitrogens is 1. The Morgan fingerprint density at radius 3 is 2.32 bits per heavy atom. The summed E-state index contributed by atoms with van der Waals surface area (Å²) in [6, 6.07) is 12.5. The third kappa shape index (κ3) is 5.21. The fraction of sp³-hybridized carbons (Fsp3) is 0.630. The summed E-state index contributed by atoms with van der Waals surface area (Å²) in [5, 5.41) is 10.7. The van der Waals surface area contributed by atoms with Gasteiger partial charge in [0.1, 0.15) is 5.76 Å². The van der Waals surface area contributed by atoms with Crippen molar-refractivity contribution in [3.63, 3.8) is 0 Å². The molecule has 3 aliphatic heterocycles. The van der Waals surface area contributed by atoms with Crippen LogP contribution in [0.4, 0.5) is 0 Å². The number of nitrogens with one attached hydrogen (secondary N) is 2. The number of carbonyl (C=O) groups excluding carboxylic acids is 1. The SMILES string of the molecule is C[C@@H](NC1CCN(S(=O)(=O)N2[C@@H]3CC[C@H]2C[C@@H](NC(=O)c2cc(C4CC4)on2)C3)CC1)c1ccccc1. The van der Waals surface area contributed by atoms with Gasteiger partial charge in [0.05, 0.1) is 0 Å². The standard InChI is InChI=1S/C27H37N5O4S/c1-18(19-5-3-2-4-6-19)28-21-11-13-31(14-12-21)37(34,35)32-23-9-10-24(32)16-22(15-23)29-27(33)25-17-26(36-30-25)20-7-8-20/h2-6,17-18,20-24,28H,7-16H2,1H3,(H,29,33)/t18-,22-,23+,24-/m1/s1. The van der Waals surface area contributed by atoms with Crippen LogP contribution in [0.15, 0.2) is 40.9 Å². The fourth-order valence-corrected chi connectivity index (χ4v) is 8.50. The summed E-state index contributed by atoms with van der Waals surface area (Å²) in [5.74, 6) is 0.974. The van der Waals surface area contributed by atoms with E-state index < -0.39 is 10.2 Å². The van der Waals surface area contributed by atoms with Gasteiger partial charge in [-0.25, -0.2) is 0 Å². The molecule has 10 heteroatoms. The Labute approximate surface area is 219 Å². The van der Waals surface area contributed by atoms with Gasteiger partial charge in [-0.1, -0.05) is 35.5 Å². The van der Waals surface area contributed by atoms with Gasteiger partial charge in [-0.3, -0.25) is 4.79 Å². The van der Waals surface area contributed by atoms with Crippen LogP contribution in [0.5, 0.6) is 0 Å². The Morgan fingerprint density at radius 1 is 1.00 bits per heavy atom. The van der Waals surface area contributed by atoms with Crippen LogP contribution in [0.2, 0.25) is 0 Å². The maximum absolute atomic E-state index is 13.7. The van der Waals surface area contributed by atoms with Crippen molar-refractivity contribution in [2.45, 2.75) is 94.4 Å². The number of amides is 1. The number of piperidine rings is 2. The first kappa shape index (κ1) is 25.0. The molecule has 37 heavy (non-hydrogen) atoms. The van der Waals surface area contributed by atoms with Crippen molar-refractivity contribution in [2.75, 3.05) is 13.1 Å². The van der Waals surface area contributed by atoms with Gasteiger partial charge in [-0.05, 0) is 63.9 Å². The van der Waals surface area contributed by atoms with Gasteiger partial charge in [-0.15, -0.1) is 0 Å². The second-order valence-corrected chi connectivity index (χ2v) is 13.1. The molecular weight excluding hydrogens is 490 g/mol. The molecule has 0 radical (unpaired) electrons. The van der Waals surface area contributed by atoms with Crippen molar-refractivity contribution in [3.05, 3.63) is 53.4 Å². The third-order valence-electron chi connectivity index (χ3n) is 8.57. The minimum absolute atomic E-state index is 0.0491. The Kier molecular flexibility index (Phi) is 6.85. The zero-order valence-corrected chi connectivity index (χ0v) is 22.2. The van der Waals surface area contributed by atoms with E-state index in [1.165, 1.54) is 5.56 Å². The van der Waals surface area contributed by atoms with Gasteiger partial charge in [0.15, 0.2) is 5.69 Å². The number of carbonyl (C=O) groups is 1. The molecule has 0 spiro atoms. The highest BCUT2D eigenvalue weighted by Gasteiger charge is 2.49. The summed E-state index contributed by atoms with van der Waals surface area (Å²) in [4.78, 5) is 12.7. The molecule has 1 amide bonds. The van der Waals surface area contributed by atoms with Crippen molar-refractivity contribution in [2.24, 2.45) is 0 Å². The summed E-state index contributed by atoms with van der Waals surface area (Å²) in [5.41, 5.74) is 1.57. The number of nitrogens with zero attached hydrogens (tertiary/aromatic N) is 3. The lowest BCUT2D eigenvalue weighted by atomic mass is 9.99. The average molecular weight is 528 g/mol. The van der Waals surface area contributed by atoms with Crippen molar-refractivity contribution in [1.29, 1.82) is 0 Å². The van der Waals surface area contributed by atoms with Crippen LogP contribution in [0.25, 0.3) is 0 Å². The van der Waals surface area contributed by atoms with Crippen LogP contribution in [0.1, 0.15) is 92.1 Å². The quantitative estimate of drug-likeness (QED) is 0.545. The smallest absolute Gasteiger partial charge is 0.282 e. The first-order valence-electron chi connectivity index (χ1n) is 13.8. The normalized spacial score (nSPS) is 28.3. The monoisotopic (exact) mass is 527 g/mol. The summed E-state index contributed by atoms with van der Waals surface area (Å²) < 4.78 is 36.2. The van der Waals surface area contributed by atoms with Gasteiger partial charge >= 0.3 is 0 Å². The van der Waals surface area contributed by atoms with Crippen LogP contribution in [0.3, 0.4) is 0 Å². The number of hydrogen-bond acceptors (Lipinski definition) is 6. The number of rotatable bonds is 8. The van der Waals surface area contributed by atoms with E-state index in [9.17, 15) is 13.2 Å². The topological polar surface area (TPSA) is 108 Å². The summed E-state index contributed by atoms with van der Waals surface area (Å²) in [7, 11) is -3.53. The lowest BCUT2D eigenvalue weighted by Crippen LogP contribution is -2.57. The van der Waals surface area contributed by atoms with Crippen LogP contribution in [-0.2, 0) is 10.2 Å². The average Bonchev–Trinajstić information content (AvgIpc) is 3.55. The van der Waals surface area contributed by atoms with Crippen molar-refractivity contribution in [3.8, 4) is 0 Å². The van der Waals surface area contributed by atoms with E-state index in [1.54, 1.807) is 14.7 Å². The molecule has 3 saturated heterocycles. The number of fused-ring (bicyclic) bond motifs is 2. The van der Waals surface area contributed by atoms with E-state index >= 15 is 0 Å². The van der Waals surface area contributed by atoms with E-state index in [2.05, 4.69) is 34.8 Å². The van der Waals surface area contributed by atoms with Crippen molar-refractivity contribution in [1.82, 2.24) is 24.4 Å². The molecule has 4 heterocycles. The van der Waals surface area contributed by atoms with E-state index in [-0.39, 0.29) is 30.1 Å². The molecule has 0 unspecified atom stereocenters. The van der Waals surface area contributed by atoms with E-state index in [1.807, 2.05) is 18.2 Å². The zero-order chi connectivity index (χ0) is 25.6. The maximum atomic E-state index is 13.7. The zero-order valence-electron chi connectivity index (χ0n) is 21.4.